The fourth-order valence-corrected chi connectivity index (χ4v) is 1.85. The number of aromatic nitrogens is 1. The molecule has 2 rings (SSSR count). The summed E-state index contributed by atoms with van der Waals surface area (Å²) < 4.78 is 0. The average molecular weight is 290 g/mol. The van der Waals surface area contributed by atoms with E-state index in [2.05, 4.69) is 20.2 Å². The van der Waals surface area contributed by atoms with Gasteiger partial charge in [0.2, 0.25) is 5.13 Å². The van der Waals surface area contributed by atoms with Crippen LogP contribution in [0.1, 0.15) is 12.0 Å². The fourth-order valence-electron chi connectivity index (χ4n) is 1.40. The monoisotopic (exact) mass is 290 g/mol. The summed E-state index contributed by atoms with van der Waals surface area (Å²) in [5.74, 6) is 0.131. The Labute approximate surface area is 120 Å². The van der Waals surface area contributed by atoms with Gasteiger partial charge >= 0.3 is 0 Å². The average Bonchev–Trinajstić information content (AvgIpc) is 2.97. The SMILES string of the molecule is OCCCN=Cc1cc(N=Nc2nccs2)ccc1O. The molecule has 104 valence electrons. The maximum Gasteiger partial charge on any atom is 0.229 e. The lowest BCUT2D eigenvalue weighted by Crippen LogP contribution is -1.89. The number of azo groups is 1. The van der Waals surface area contributed by atoms with Crippen molar-refractivity contribution in [3.8, 4) is 5.75 Å². The van der Waals surface area contributed by atoms with Gasteiger partial charge in [0.15, 0.2) is 0 Å². The standard InChI is InChI=1S/C13H14N4O2S/c18-6-1-4-14-9-10-8-11(2-3-12(10)19)16-17-13-15-5-7-20-13/h2-3,5,7-9,18-19H,1,4,6H2. The number of aliphatic hydroxyl groups is 1. The van der Waals surface area contributed by atoms with Crippen LogP contribution in [0.4, 0.5) is 10.8 Å². The van der Waals surface area contributed by atoms with Gasteiger partial charge in [-0.1, -0.05) is 0 Å². The zero-order valence-corrected chi connectivity index (χ0v) is 11.5. The van der Waals surface area contributed by atoms with Gasteiger partial charge in [0.1, 0.15) is 5.75 Å². The van der Waals surface area contributed by atoms with Crippen molar-refractivity contribution >= 4 is 28.4 Å². The molecule has 2 N–H and O–H groups in total. The summed E-state index contributed by atoms with van der Waals surface area (Å²) in [5.41, 5.74) is 1.18. The van der Waals surface area contributed by atoms with Gasteiger partial charge in [-0.25, -0.2) is 4.98 Å². The zero-order valence-electron chi connectivity index (χ0n) is 10.7. The van der Waals surface area contributed by atoms with Crippen LogP contribution in [-0.4, -0.2) is 34.6 Å². The van der Waals surface area contributed by atoms with Crippen LogP contribution in [0.3, 0.4) is 0 Å². The number of aromatic hydroxyl groups is 1. The number of aliphatic imine (C=N–C) groups is 1. The molecule has 0 fully saturated rings. The third-order valence-corrected chi connectivity index (χ3v) is 3.01. The van der Waals surface area contributed by atoms with Gasteiger partial charge in [-0.15, -0.1) is 21.6 Å². The Bertz CT molecular complexity index is 596. The highest BCUT2D eigenvalue weighted by atomic mass is 32.1. The second-order valence-electron chi connectivity index (χ2n) is 3.87. The molecule has 0 bridgehead atoms. The van der Waals surface area contributed by atoms with Crippen molar-refractivity contribution in [1.29, 1.82) is 0 Å². The highest BCUT2D eigenvalue weighted by molar-refractivity contribution is 7.13. The van der Waals surface area contributed by atoms with Crippen molar-refractivity contribution in [2.45, 2.75) is 6.42 Å². The molecule has 0 aliphatic carbocycles. The Kier molecular flexibility index (Phi) is 5.33. The van der Waals surface area contributed by atoms with Crippen molar-refractivity contribution in [3.05, 3.63) is 35.3 Å². The lowest BCUT2D eigenvalue weighted by Gasteiger charge is -1.99. The van der Waals surface area contributed by atoms with E-state index >= 15 is 0 Å². The van der Waals surface area contributed by atoms with Crippen LogP contribution in [-0.2, 0) is 0 Å². The lowest BCUT2D eigenvalue weighted by atomic mass is 10.2. The number of aliphatic hydroxyl groups excluding tert-OH is 1. The second kappa shape index (κ2) is 7.46. The van der Waals surface area contributed by atoms with E-state index in [1.54, 1.807) is 30.6 Å². The molecule has 6 nitrogen and oxygen atoms in total. The van der Waals surface area contributed by atoms with Gasteiger partial charge in [0.05, 0.1) is 5.69 Å². The topological polar surface area (TPSA) is 90.4 Å². The van der Waals surface area contributed by atoms with E-state index in [-0.39, 0.29) is 12.4 Å². The molecule has 2 aromatic rings. The van der Waals surface area contributed by atoms with Crippen LogP contribution in [0.25, 0.3) is 0 Å². The van der Waals surface area contributed by atoms with Crippen LogP contribution >= 0.6 is 11.3 Å². The van der Waals surface area contributed by atoms with Crippen LogP contribution in [0.2, 0.25) is 0 Å². The molecule has 0 saturated heterocycles. The summed E-state index contributed by atoms with van der Waals surface area (Å²) >= 11 is 1.40. The summed E-state index contributed by atoms with van der Waals surface area (Å²) in [5, 5.41) is 28.8. The molecule has 0 aliphatic heterocycles. The van der Waals surface area contributed by atoms with Crippen LogP contribution < -0.4 is 0 Å². The van der Waals surface area contributed by atoms with Crippen LogP contribution in [0.5, 0.6) is 5.75 Å². The summed E-state index contributed by atoms with van der Waals surface area (Å²) in [6, 6.07) is 4.90. The first-order valence-electron chi connectivity index (χ1n) is 6.04. The number of rotatable bonds is 6. The Hall–Kier alpha value is -2.12. The Morgan fingerprint density at radius 2 is 2.20 bits per heavy atom. The Morgan fingerprint density at radius 1 is 1.30 bits per heavy atom. The Morgan fingerprint density at radius 3 is 2.95 bits per heavy atom. The van der Waals surface area contributed by atoms with E-state index in [4.69, 9.17) is 5.11 Å². The third-order valence-electron chi connectivity index (χ3n) is 2.36. The molecule has 0 spiro atoms. The van der Waals surface area contributed by atoms with E-state index in [1.165, 1.54) is 11.3 Å². The predicted molar refractivity (Wildman–Crippen MR) is 78.6 cm³/mol. The van der Waals surface area contributed by atoms with Gasteiger partial charge in [-0.2, -0.15) is 0 Å². The smallest absolute Gasteiger partial charge is 0.229 e. The lowest BCUT2D eigenvalue weighted by molar-refractivity contribution is 0.291. The predicted octanol–water partition coefficient (Wildman–Crippen LogP) is 3.07. The molecule has 1 aromatic carbocycles. The molecule has 0 radical (unpaired) electrons. The fraction of sp³-hybridized carbons (Fsp3) is 0.231. The zero-order chi connectivity index (χ0) is 14.2. The number of phenols is 1. The first kappa shape index (κ1) is 14.3. The van der Waals surface area contributed by atoms with E-state index in [9.17, 15) is 5.11 Å². The summed E-state index contributed by atoms with van der Waals surface area (Å²) in [6.45, 7) is 0.617. The third kappa shape index (κ3) is 4.22. The molecule has 0 saturated carbocycles. The van der Waals surface area contributed by atoms with Gasteiger partial charge in [-0.05, 0) is 24.6 Å². The maximum absolute atomic E-state index is 9.72. The number of phenolic OH excluding ortho intramolecular Hbond substituents is 1. The number of hydrogen-bond acceptors (Lipinski definition) is 7. The number of nitrogens with zero attached hydrogens (tertiary/aromatic N) is 4. The first-order chi connectivity index (χ1) is 9.79. The Balaban J connectivity index is 2.09. The van der Waals surface area contributed by atoms with Crippen molar-refractivity contribution < 1.29 is 10.2 Å². The van der Waals surface area contributed by atoms with Gasteiger partial charge in [0.25, 0.3) is 0 Å². The van der Waals surface area contributed by atoms with E-state index in [1.807, 2.05) is 5.38 Å². The molecule has 0 unspecified atom stereocenters. The van der Waals surface area contributed by atoms with E-state index in [0.29, 0.717) is 29.3 Å². The van der Waals surface area contributed by atoms with Crippen LogP contribution in [0.15, 0.2) is 45.0 Å². The van der Waals surface area contributed by atoms with Gasteiger partial charge in [0, 0.05) is 36.5 Å². The minimum Gasteiger partial charge on any atom is -0.507 e. The molecule has 7 heteroatoms. The van der Waals surface area contributed by atoms with Gasteiger partial charge in [-0.3, -0.25) is 4.99 Å². The van der Waals surface area contributed by atoms with Crippen molar-refractivity contribution in [2.75, 3.05) is 13.2 Å². The molecule has 0 amide bonds. The minimum absolute atomic E-state index is 0.103. The first-order valence-corrected chi connectivity index (χ1v) is 6.92. The molecule has 1 heterocycles. The molecule has 0 atom stereocenters. The summed E-state index contributed by atoms with van der Waals surface area (Å²) in [4.78, 5) is 8.12. The maximum atomic E-state index is 9.72. The molecule has 20 heavy (non-hydrogen) atoms. The molecular weight excluding hydrogens is 276 g/mol. The highest BCUT2D eigenvalue weighted by Gasteiger charge is 2.00. The van der Waals surface area contributed by atoms with Crippen LogP contribution in [0, 0.1) is 0 Å². The summed E-state index contributed by atoms with van der Waals surface area (Å²) in [6.07, 6.45) is 3.82. The van der Waals surface area contributed by atoms with Crippen molar-refractivity contribution in [3.63, 3.8) is 0 Å². The largest absolute Gasteiger partial charge is 0.507 e. The van der Waals surface area contributed by atoms with E-state index in [0.717, 1.165) is 0 Å². The number of thiazole rings is 1. The minimum atomic E-state index is 0.103. The summed E-state index contributed by atoms with van der Waals surface area (Å²) in [7, 11) is 0. The number of benzene rings is 1. The van der Waals surface area contributed by atoms with Gasteiger partial charge < -0.3 is 10.2 Å². The number of hydrogen-bond donors (Lipinski definition) is 2. The van der Waals surface area contributed by atoms with E-state index < -0.39 is 0 Å². The molecule has 1 aromatic heterocycles. The molecular formula is C13H14N4O2S. The highest BCUT2D eigenvalue weighted by Crippen LogP contribution is 2.24. The molecule has 0 aliphatic rings. The normalized spacial score (nSPS) is 11.7. The quantitative estimate of drug-likeness (QED) is 0.486. The second-order valence-corrected chi connectivity index (χ2v) is 4.74. The van der Waals surface area contributed by atoms with Crippen molar-refractivity contribution in [1.82, 2.24) is 4.98 Å². The van der Waals surface area contributed by atoms with Crippen molar-refractivity contribution in [2.24, 2.45) is 15.2 Å².